The third kappa shape index (κ3) is 5.25. The predicted molar refractivity (Wildman–Crippen MR) is 125 cm³/mol. The molecule has 0 saturated carbocycles. The summed E-state index contributed by atoms with van der Waals surface area (Å²) in [4.78, 5) is 31.2. The lowest BCUT2D eigenvalue weighted by molar-refractivity contribution is 0.0205. The van der Waals surface area contributed by atoms with Crippen LogP contribution < -0.4 is 5.32 Å². The summed E-state index contributed by atoms with van der Waals surface area (Å²) in [6, 6.07) is 8.21. The van der Waals surface area contributed by atoms with Gasteiger partial charge in [0.05, 0.1) is 5.01 Å². The van der Waals surface area contributed by atoms with E-state index in [0.717, 1.165) is 23.4 Å². The van der Waals surface area contributed by atoms with E-state index in [9.17, 15) is 9.59 Å². The number of carbonyl (C=O) groups excluding carboxylic acids is 2. The zero-order chi connectivity index (χ0) is 22.0. The fourth-order valence-electron chi connectivity index (χ4n) is 3.65. The molecule has 1 fully saturated rings. The van der Waals surface area contributed by atoms with Crippen molar-refractivity contribution in [3.63, 3.8) is 0 Å². The van der Waals surface area contributed by atoms with E-state index in [4.69, 9.17) is 4.74 Å². The number of likely N-dealkylation sites (tertiary alicyclic amines) is 1. The predicted octanol–water partition coefficient (Wildman–Crippen LogP) is 5.40. The Morgan fingerprint density at radius 1 is 1.16 bits per heavy atom. The quantitative estimate of drug-likeness (QED) is 0.569. The number of fused-ring (bicyclic) bond motifs is 1. The highest BCUT2D eigenvalue weighted by Crippen LogP contribution is 2.31. The molecule has 1 aliphatic heterocycles. The SMILES string of the molecule is CC(C)(C)OC(=O)N1CCC(c2nc(C(=O)NCc3csc4ccccc34)cs2)CC1. The second-order valence-corrected chi connectivity index (χ2v) is 10.6. The molecule has 1 saturated heterocycles. The molecule has 164 valence electrons. The molecule has 1 aliphatic rings. The van der Waals surface area contributed by atoms with Gasteiger partial charge in [-0.05, 0) is 56.0 Å². The fraction of sp³-hybridized carbons (Fsp3) is 0.435. The van der Waals surface area contributed by atoms with E-state index < -0.39 is 5.60 Å². The number of thiophene rings is 1. The number of hydrogen-bond acceptors (Lipinski definition) is 6. The van der Waals surface area contributed by atoms with Crippen LogP contribution in [0.5, 0.6) is 0 Å². The van der Waals surface area contributed by atoms with E-state index in [1.807, 2.05) is 38.3 Å². The van der Waals surface area contributed by atoms with E-state index in [2.05, 4.69) is 27.8 Å². The van der Waals surface area contributed by atoms with Gasteiger partial charge in [0.25, 0.3) is 5.91 Å². The van der Waals surface area contributed by atoms with Gasteiger partial charge in [-0.25, -0.2) is 9.78 Å². The van der Waals surface area contributed by atoms with E-state index in [1.54, 1.807) is 16.2 Å². The fourth-order valence-corrected chi connectivity index (χ4v) is 5.58. The summed E-state index contributed by atoms with van der Waals surface area (Å²) in [5.41, 5.74) is 1.11. The van der Waals surface area contributed by atoms with Crippen LogP contribution in [0.25, 0.3) is 10.1 Å². The summed E-state index contributed by atoms with van der Waals surface area (Å²) in [7, 11) is 0. The summed E-state index contributed by atoms with van der Waals surface area (Å²) in [5, 5.41) is 9.07. The van der Waals surface area contributed by atoms with Crippen LogP contribution in [0.15, 0.2) is 35.0 Å². The van der Waals surface area contributed by atoms with Crippen molar-refractivity contribution in [1.29, 1.82) is 0 Å². The van der Waals surface area contributed by atoms with Crippen molar-refractivity contribution < 1.29 is 14.3 Å². The second kappa shape index (κ2) is 8.96. The van der Waals surface area contributed by atoms with Crippen molar-refractivity contribution in [2.24, 2.45) is 0 Å². The van der Waals surface area contributed by atoms with Gasteiger partial charge in [0, 0.05) is 35.6 Å². The molecule has 0 spiro atoms. The minimum absolute atomic E-state index is 0.149. The number of rotatable bonds is 4. The van der Waals surface area contributed by atoms with Crippen molar-refractivity contribution in [2.45, 2.75) is 51.7 Å². The molecule has 0 bridgehead atoms. The molecule has 0 atom stereocenters. The van der Waals surface area contributed by atoms with Gasteiger partial charge in [-0.2, -0.15) is 0 Å². The van der Waals surface area contributed by atoms with Gasteiger partial charge >= 0.3 is 6.09 Å². The zero-order valence-electron chi connectivity index (χ0n) is 18.0. The molecular weight excluding hydrogens is 430 g/mol. The highest BCUT2D eigenvalue weighted by atomic mass is 32.1. The van der Waals surface area contributed by atoms with Crippen LogP contribution in [-0.2, 0) is 11.3 Å². The highest BCUT2D eigenvalue weighted by Gasteiger charge is 2.29. The summed E-state index contributed by atoms with van der Waals surface area (Å²) in [6.45, 7) is 7.41. The molecule has 0 unspecified atom stereocenters. The molecule has 0 radical (unpaired) electrons. The topological polar surface area (TPSA) is 71.5 Å². The van der Waals surface area contributed by atoms with Gasteiger partial charge < -0.3 is 15.0 Å². The lowest BCUT2D eigenvalue weighted by atomic mass is 9.98. The Morgan fingerprint density at radius 2 is 1.90 bits per heavy atom. The van der Waals surface area contributed by atoms with Gasteiger partial charge in [-0.3, -0.25) is 4.79 Å². The van der Waals surface area contributed by atoms with Crippen LogP contribution in [0.2, 0.25) is 0 Å². The molecule has 2 amide bonds. The van der Waals surface area contributed by atoms with Gasteiger partial charge in [-0.1, -0.05) is 18.2 Å². The Labute approximate surface area is 190 Å². The number of hydrogen-bond donors (Lipinski definition) is 1. The third-order valence-corrected chi connectivity index (χ3v) is 7.27. The molecule has 2 aromatic heterocycles. The first-order valence-corrected chi connectivity index (χ1v) is 12.2. The summed E-state index contributed by atoms with van der Waals surface area (Å²) in [6.07, 6.45) is 1.40. The number of benzene rings is 1. The number of nitrogens with one attached hydrogen (secondary N) is 1. The van der Waals surface area contributed by atoms with Gasteiger partial charge in [0.15, 0.2) is 0 Å². The molecular formula is C23H27N3O3S2. The van der Waals surface area contributed by atoms with Crippen LogP contribution in [-0.4, -0.2) is 40.6 Å². The molecule has 1 N–H and O–H groups in total. The Bertz CT molecular complexity index is 1080. The van der Waals surface area contributed by atoms with Crippen LogP contribution in [0.4, 0.5) is 4.79 Å². The van der Waals surface area contributed by atoms with E-state index in [-0.39, 0.29) is 17.9 Å². The average Bonchev–Trinajstić information content (AvgIpc) is 3.39. The van der Waals surface area contributed by atoms with Crippen molar-refractivity contribution in [1.82, 2.24) is 15.2 Å². The standard InChI is InChI=1S/C23H27N3O3S2/c1-23(2,3)29-22(28)26-10-8-15(9-11-26)21-25-18(14-31-21)20(27)24-12-16-13-30-19-7-5-4-6-17(16)19/h4-7,13-15H,8-12H2,1-3H3,(H,24,27). The molecule has 6 nitrogen and oxygen atoms in total. The van der Waals surface area contributed by atoms with Crippen molar-refractivity contribution in [2.75, 3.05) is 13.1 Å². The van der Waals surface area contributed by atoms with Crippen LogP contribution in [0.1, 0.15) is 60.6 Å². The number of amides is 2. The first-order chi connectivity index (χ1) is 14.8. The van der Waals surface area contributed by atoms with E-state index in [1.165, 1.54) is 21.4 Å². The maximum Gasteiger partial charge on any atom is 0.410 e. The first-order valence-electron chi connectivity index (χ1n) is 10.5. The monoisotopic (exact) mass is 457 g/mol. The summed E-state index contributed by atoms with van der Waals surface area (Å²) in [5.74, 6) is 0.120. The smallest absolute Gasteiger partial charge is 0.410 e. The summed E-state index contributed by atoms with van der Waals surface area (Å²) >= 11 is 3.21. The largest absolute Gasteiger partial charge is 0.444 e. The van der Waals surface area contributed by atoms with E-state index in [0.29, 0.717) is 25.3 Å². The molecule has 3 aromatic rings. The third-order valence-electron chi connectivity index (χ3n) is 5.25. The van der Waals surface area contributed by atoms with Crippen LogP contribution in [0.3, 0.4) is 0 Å². The number of aromatic nitrogens is 1. The number of piperidine rings is 1. The molecule has 0 aliphatic carbocycles. The average molecular weight is 458 g/mol. The Balaban J connectivity index is 1.31. The number of nitrogens with zero attached hydrogens (tertiary/aromatic N) is 2. The molecule has 1 aromatic carbocycles. The van der Waals surface area contributed by atoms with E-state index >= 15 is 0 Å². The molecule has 4 rings (SSSR count). The van der Waals surface area contributed by atoms with Crippen molar-refractivity contribution in [3.8, 4) is 0 Å². The molecule has 8 heteroatoms. The Kier molecular flexibility index (Phi) is 6.29. The second-order valence-electron chi connectivity index (χ2n) is 8.75. The Morgan fingerprint density at radius 3 is 2.65 bits per heavy atom. The Hall–Kier alpha value is -2.45. The van der Waals surface area contributed by atoms with Crippen LogP contribution in [0, 0.1) is 0 Å². The molecule has 31 heavy (non-hydrogen) atoms. The lowest BCUT2D eigenvalue weighted by Gasteiger charge is -2.32. The lowest BCUT2D eigenvalue weighted by Crippen LogP contribution is -2.41. The van der Waals surface area contributed by atoms with Crippen molar-refractivity contribution in [3.05, 3.63) is 51.3 Å². The summed E-state index contributed by atoms with van der Waals surface area (Å²) < 4.78 is 6.68. The van der Waals surface area contributed by atoms with Gasteiger partial charge in [0.1, 0.15) is 11.3 Å². The normalized spacial score (nSPS) is 15.3. The van der Waals surface area contributed by atoms with Crippen molar-refractivity contribution >= 4 is 44.8 Å². The van der Waals surface area contributed by atoms with Gasteiger partial charge in [-0.15, -0.1) is 22.7 Å². The highest BCUT2D eigenvalue weighted by molar-refractivity contribution is 7.17. The maximum atomic E-state index is 12.6. The maximum absolute atomic E-state index is 12.6. The first kappa shape index (κ1) is 21.8. The number of carbonyl (C=O) groups is 2. The zero-order valence-corrected chi connectivity index (χ0v) is 19.6. The minimum Gasteiger partial charge on any atom is -0.444 e. The molecule has 3 heterocycles. The van der Waals surface area contributed by atoms with Gasteiger partial charge in [0.2, 0.25) is 0 Å². The number of ether oxygens (including phenoxy) is 1. The minimum atomic E-state index is -0.485. The number of thiazole rings is 1. The van der Waals surface area contributed by atoms with Crippen LogP contribution >= 0.6 is 22.7 Å².